The topological polar surface area (TPSA) is 60.2 Å². The number of hydrogen-bond acceptors (Lipinski definition) is 4. The van der Waals surface area contributed by atoms with E-state index in [-0.39, 0.29) is 6.04 Å². The van der Waals surface area contributed by atoms with E-state index in [1.54, 1.807) is 24.7 Å². The Kier molecular flexibility index (Phi) is 2.75. The first-order chi connectivity index (χ1) is 7.07. The van der Waals surface area contributed by atoms with Gasteiger partial charge in [0.25, 0.3) is 0 Å². The predicted molar refractivity (Wildman–Crippen MR) is 54.4 cm³/mol. The molecule has 1 atom stereocenters. The third kappa shape index (κ3) is 2.35. The van der Waals surface area contributed by atoms with Crippen molar-refractivity contribution in [1.82, 2.24) is 15.0 Å². The lowest BCUT2D eigenvalue weighted by molar-refractivity contribution is 0.0539. The predicted octanol–water partition coefficient (Wildman–Crippen LogP) is 0.857. The molecule has 1 saturated heterocycles. The molecule has 0 spiro atoms. The van der Waals surface area contributed by atoms with Gasteiger partial charge in [0, 0.05) is 6.61 Å². The fourth-order valence-electron chi connectivity index (χ4n) is 1.67. The van der Waals surface area contributed by atoms with Gasteiger partial charge in [-0.25, -0.2) is 4.68 Å². The van der Waals surface area contributed by atoms with Crippen molar-refractivity contribution in [2.75, 3.05) is 13.2 Å². The molecule has 2 heterocycles. The Morgan fingerprint density at radius 2 is 2.40 bits per heavy atom. The van der Waals surface area contributed by atoms with Crippen LogP contribution in [0.2, 0.25) is 0 Å². The van der Waals surface area contributed by atoms with Crippen LogP contribution in [0.15, 0.2) is 6.20 Å². The minimum Gasteiger partial charge on any atom is -0.384 e. The van der Waals surface area contributed by atoms with Gasteiger partial charge in [-0.2, -0.15) is 0 Å². The number of rotatable bonds is 2. The highest BCUT2D eigenvalue weighted by Crippen LogP contribution is 2.21. The Morgan fingerprint density at radius 1 is 1.60 bits per heavy atom. The third-order valence-electron chi connectivity index (χ3n) is 2.65. The van der Waals surface area contributed by atoms with Gasteiger partial charge in [0.05, 0.1) is 18.8 Å². The van der Waals surface area contributed by atoms with E-state index in [0.29, 0.717) is 12.3 Å². The molecule has 1 N–H and O–H groups in total. The summed E-state index contributed by atoms with van der Waals surface area (Å²) < 4.78 is 7.18. The lowest BCUT2D eigenvalue weighted by Crippen LogP contribution is -2.21. The van der Waals surface area contributed by atoms with Crippen molar-refractivity contribution in [3.63, 3.8) is 0 Å². The summed E-state index contributed by atoms with van der Waals surface area (Å²) in [5, 5.41) is 17.8. The van der Waals surface area contributed by atoms with Crippen molar-refractivity contribution >= 4 is 0 Å². The van der Waals surface area contributed by atoms with Gasteiger partial charge in [-0.1, -0.05) is 5.21 Å². The first-order valence-electron chi connectivity index (χ1n) is 5.30. The summed E-state index contributed by atoms with van der Waals surface area (Å²) in [5.41, 5.74) is -0.318. The van der Waals surface area contributed by atoms with Crippen molar-refractivity contribution in [2.45, 2.75) is 38.3 Å². The molecule has 0 aliphatic carbocycles. The third-order valence-corrected chi connectivity index (χ3v) is 2.65. The highest BCUT2D eigenvalue weighted by molar-refractivity contribution is 5.03. The number of ether oxygens (including phenoxy) is 1. The van der Waals surface area contributed by atoms with Crippen LogP contribution in [-0.4, -0.2) is 33.3 Å². The minimum absolute atomic E-state index is 0.266. The average Bonchev–Trinajstić information content (AvgIpc) is 2.67. The Balaban J connectivity index is 2.12. The zero-order chi connectivity index (χ0) is 10.9. The van der Waals surface area contributed by atoms with Gasteiger partial charge < -0.3 is 9.84 Å². The summed E-state index contributed by atoms with van der Waals surface area (Å²) in [4.78, 5) is 0. The fraction of sp³-hybridized carbons (Fsp3) is 0.800. The Bertz CT molecular complexity index is 324. The van der Waals surface area contributed by atoms with E-state index in [2.05, 4.69) is 10.3 Å². The normalized spacial score (nSPS) is 23.0. The summed E-state index contributed by atoms with van der Waals surface area (Å²) in [6.45, 7) is 4.94. The Labute approximate surface area is 89.0 Å². The van der Waals surface area contributed by atoms with E-state index < -0.39 is 5.60 Å². The van der Waals surface area contributed by atoms with Gasteiger partial charge >= 0.3 is 0 Å². The van der Waals surface area contributed by atoms with E-state index in [0.717, 1.165) is 19.4 Å². The number of nitrogens with zero attached hydrogens (tertiary/aromatic N) is 3. The van der Waals surface area contributed by atoms with Gasteiger partial charge in [-0.3, -0.25) is 0 Å². The molecule has 1 fully saturated rings. The van der Waals surface area contributed by atoms with Gasteiger partial charge in [-0.15, -0.1) is 5.10 Å². The van der Waals surface area contributed by atoms with Gasteiger partial charge in [0.2, 0.25) is 0 Å². The summed E-state index contributed by atoms with van der Waals surface area (Å²) in [6.07, 6.45) is 3.93. The summed E-state index contributed by atoms with van der Waals surface area (Å²) in [5.74, 6) is 0. The van der Waals surface area contributed by atoms with Crippen LogP contribution in [0.5, 0.6) is 0 Å². The van der Waals surface area contributed by atoms with Crippen molar-refractivity contribution in [3.8, 4) is 0 Å². The summed E-state index contributed by atoms with van der Waals surface area (Å²) in [6, 6.07) is 0.266. The minimum atomic E-state index is -0.923. The van der Waals surface area contributed by atoms with Crippen molar-refractivity contribution in [1.29, 1.82) is 0 Å². The van der Waals surface area contributed by atoms with Crippen LogP contribution in [0, 0.1) is 0 Å². The molecule has 84 valence electrons. The van der Waals surface area contributed by atoms with Gasteiger partial charge in [0.1, 0.15) is 11.3 Å². The van der Waals surface area contributed by atoms with E-state index in [1.807, 2.05) is 0 Å². The number of aliphatic hydroxyl groups is 1. The van der Waals surface area contributed by atoms with E-state index in [9.17, 15) is 5.11 Å². The van der Waals surface area contributed by atoms with Crippen molar-refractivity contribution < 1.29 is 9.84 Å². The van der Waals surface area contributed by atoms with Crippen LogP contribution >= 0.6 is 0 Å². The fourth-order valence-corrected chi connectivity index (χ4v) is 1.67. The number of hydrogen-bond donors (Lipinski definition) is 1. The molecule has 5 heteroatoms. The molecule has 1 aliphatic heterocycles. The highest BCUT2D eigenvalue weighted by Gasteiger charge is 2.23. The Morgan fingerprint density at radius 3 is 2.93 bits per heavy atom. The van der Waals surface area contributed by atoms with Crippen LogP contribution in [-0.2, 0) is 10.3 Å². The first kappa shape index (κ1) is 10.6. The van der Waals surface area contributed by atoms with Crippen LogP contribution in [0.1, 0.15) is 38.4 Å². The molecule has 0 bridgehead atoms. The maximum absolute atomic E-state index is 9.75. The molecule has 5 nitrogen and oxygen atoms in total. The monoisotopic (exact) mass is 211 g/mol. The average molecular weight is 211 g/mol. The van der Waals surface area contributed by atoms with Crippen LogP contribution in [0.25, 0.3) is 0 Å². The lowest BCUT2D eigenvalue weighted by Gasteiger charge is -2.21. The van der Waals surface area contributed by atoms with E-state index >= 15 is 0 Å². The molecule has 0 radical (unpaired) electrons. The SMILES string of the molecule is CC(C)(O)c1cn(C2CCCOC2)nn1. The van der Waals surface area contributed by atoms with E-state index in [4.69, 9.17) is 4.74 Å². The maximum Gasteiger partial charge on any atom is 0.114 e. The Hall–Kier alpha value is -0.940. The molecular formula is C10H17N3O2. The molecule has 15 heavy (non-hydrogen) atoms. The first-order valence-corrected chi connectivity index (χ1v) is 5.30. The molecule has 0 amide bonds. The highest BCUT2D eigenvalue weighted by atomic mass is 16.5. The quantitative estimate of drug-likeness (QED) is 0.788. The largest absolute Gasteiger partial charge is 0.384 e. The van der Waals surface area contributed by atoms with Gasteiger partial charge in [0.15, 0.2) is 0 Å². The van der Waals surface area contributed by atoms with Crippen LogP contribution < -0.4 is 0 Å². The van der Waals surface area contributed by atoms with E-state index in [1.165, 1.54) is 0 Å². The molecular weight excluding hydrogens is 194 g/mol. The van der Waals surface area contributed by atoms with Crippen LogP contribution in [0.3, 0.4) is 0 Å². The smallest absolute Gasteiger partial charge is 0.114 e. The molecule has 1 aromatic heterocycles. The lowest BCUT2D eigenvalue weighted by atomic mass is 10.1. The summed E-state index contributed by atoms with van der Waals surface area (Å²) in [7, 11) is 0. The molecule has 0 aromatic carbocycles. The number of aromatic nitrogens is 3. The van der Waals surface area contributed by atoms with Gasteiger partial charge in [-0.05, 0) is 26.7 Å². The second-order valence-corrected chi connectivity index (χ2v) is 4.51. The second kappa shape index (κ2) is 3.90. The van der Waals surface area contributed by atoms with Crippen LogP contribution in [0.4, 0.5) is 0 Å². The molecule has 2 rings (SSSR count). The zero-order valence-corrected chi connectivity index (χ0v) is 9.18. The zero-order valence-electron chi connectivity index (χ0n) is 9.18. The standard InChI is InChI=1S/C10H17N3O2/c1-10(2,14)9-6-13(12-11-9)8-4-3-5-15-7-8/h6,8,14H,3-5,7H2,1-2H3. The molecule has 1 aliphatic rings. The molecule has 0 saturated carbocycles. The maximum atomic E-state index is 9.75. The molecule has 1 unspecified atom stereocenters. The summed E-state index contributed by atoms with van der Waals surface area (Å²) >= 11 is 0. The van der Waals surface area contributed by atoms with Crippen molar-refractivity contribution in [2.24, 2.45) is 0 Å². The molecule has 1 aromatic rings. The van der Waals surface area contributed by atoms with Crippen molar-refractivity contribution in [3.05, 3.63) is 11.9 Å². The second-order valence-electron chi connectivity index (χ2n) is 4.51.